The van der Waals surface area contributed by atoms with Gasteiger partial charge in [0.2, 0.25) is 0 Å². The summed E-state index contributed by atoms with van der Waals surface area (Å²) in [6.45, 7) is 3.80. The number of nitrogens with one attached hydrogen (secondary N) is 1. The van der Waals surface area contributed by atoms with Gasteiger partial charge in [-0.25, -0.2) is 0 Å². The summed E-state index contributed by atoms with van der Waals surface area (Å²) in [6.07, 6.45) is 0. The van der Waals surface area contributed by atoms with Crippen LogP contribution in [0.4, 0.5) is 0 Å². The monoisotopic (exact) mass is 380 g/mol. The van der Waals surface area contributed by atoms with Gasteiger partial charge in [0.1, 0.15) is 11.5 Å². The number of methoxy groups -OCH3 is 2. The van der Waals surface area contributed by atoms with E-state index in [0.717, 1.165) is 48.1 Å². The molecule has 2 aromatic carbocycles. The Labute approximate surface area is 158 Å². The van der Waals surface area contributed by atoms with Gasteiger partial charge in [-0.2, -0.15) is 0 Å². The molecule has 0 bridgehead atoms. The zero-order chi connectivity index (χ0) is 17.8. The van der Waals surface area contributed by atoms with Crippen LogP contribution in [0.2, 0.25) is 10.0 Å². The molecule has 0 radical (unpaired) electrons. The third kappa shape index (κ3) is 4.04. The smallest absolute Gasteiger partial charge is 0.141 e. The van der Waals surface area contributed by atoms with E-state index in [1.54, 1.807) is 14.2 Å². The van der Waals surface area contributed by atoms with Crippen molar-refractivity contribution < 1.29 is 9.47 Å². The molecule has 0 saturated carbocycles. The van der Waals surface area contributed by atoms with E-state index in [1.165, 1.54) is 0 Å². The molecule has 25 heavy (non-hydrogen) atoms. The second-order valence-corrected chi connectivity index (χ2v) is 6.81. The number of hydrogen-bond acceptors (Lipinski definition) is 4. The first kappa shape index (κ1) is 18.3. The van der Waals surface area contributed by atoms with Crippen LogP contribution in [-0.2, 0) is 0 Å². The van der Waals surface area contributed by atoms with E-state index < -0.39 is 0 Å². The molecule has 134 valence electrons. The van der Waals surface area contributed by atoms with Crippen LogP contribution in [0.5, 0.6) is 11.5 Å². The Hall–Kier alpha value is -1.46. The molecular weight excluding hydrogens is 359 g/mol. The fourth-order valence-electron chi connectivity index (χ4n) is 3.27. The second-order valence-electron chi connectivity index (χ2n) is 5.97. The van der Waals surface area contributed by atoms with Crippen LogP contribution in [0.3, 0.4) is 0 Å². The summed E-state index contributed by atoms with van der Waals surface area (Å²) >= 11 is 12.5. The van der Waals surface area contributed by atoms with Gasteiger partial charge in [-0.1, -0.05) is 35.3 Å². The van der Waals surface area contributed by atoms with Crippen molar-refractivity contribution in [1.29, 1.82) is 0 Å². The molecule has 1 atom stereocenters. The molecule has 0 aromatic heterocycles. The predicted molar refractivity (Wildman–Crippen MR) is 102 cm³/mol. The van der Waals surface area contributed by atoms with Crippen molar-refractivity contribution in [1.82, 2.24) is 10.2 Å². The van der Waals surface area contributed by atoms with Crippen LogP contribution < -0.4 is 14.8 Å². The molecule has 4 nitrogen and oxygen atoms in total. The third-order valence-electron chi connectivity index (χ3n) is 4.50. The van der Waals surface area contributed by atoms with E-state index in [4.69, 9.17) is 32.7 Å². The Balaban J connectivity index is 2.10. The van der Waals surface area contributed by atoms with E-state index in [2.05, 4.69) is 22.3 Å². The highest BCUT2D eigenvalue weighted by molar-refractivity contribution is 6.32. The molecule has 1 unspecified atom stereocenters. The van der Waals surface area contributed by atoms with Crippen LogP contribution >= 0.6 is 23.2 Å². The summed E-state index contributed by atoms with van der Waals surface area (Å²) < 4.78 is 11.0. The lowest BCUT2D eigenvalue weighted by Crippen LogP contribution is -2.45. The van der Waals surface area contributed by atoms with Gasteiger partial charge in [0.25, 0.3) is 0 Å². The maximum absolute atomic E-state index is 6.42. The summed E-state index contributed by atoms with van der Waals surface area (Å²) in [4.78, 5) is 2.43. The second kappa shape index (κ2) is 8.28. The molecule has 1 fully saturated rings. The minimum absolute atomic E-state index is 0.0396. The molecule has 6 heteroatoms. The summed E-state index contributed by atoms with van der Waals surface area (Å²) in [5.74, 6) is 1.37. The highest BCUT2D eigenvalue weighted by atomic mass is 35.5. The summed E-state index contributed by atoms with van der Waals surface area (Å²) in [6, 6.07) is 11.8. The molecule has 1 heterocycles. The van der Waals surface area contributed by atoms with E-state index in [-0.39, 0.29) is 6.04 Å². The number of nitrogens with zero attached hydrogens (tertiary/aromatic N) is 1. The molecule has 0 aliphatic carbocycles. The van der Waals surface area contributed by atoms with Crippen molar-refractivity contribution in [3.63, 3.8) is 0 Å². The van der Waals surface area contributed by atoms with E-state index >= 15 is 0 Å². The fourth-order valence-corrected chi connectivity index (χ4v) is 3.64. The zero-order valence-electron chi connectivity index (χ0n) is 14.4. The Morgan fingerprint density at radius 1 is 0.960 bits per heavy atom. The standard InChI is InChI=1S/C19H22Cl2N2O2/c1-24-17-12-18(25-2)16(21)11-15(17)19(23-9-7-22-8-10-23)13-3-5-14(20)6-4-13/h3-6,11-12,19,22H,7-10H2,1-2H3. The van der Waals surface area contributed by atoms with Gasteiger partial charge in [0, 0.05) is 42.8 Å². The Morgan fingerprint density at radius 3 is 2.20 bits per heavy atom. The lowest BCUT2D eigenvalue weighted by molar-refractivity contribution is 0.195. The zero-order valence-corrected chi connectivity index (χ0v) is 15.9. The minimum atomic E-state index is 0.0396. The van der Waals surface area contributed by atoms with Crippen LogP contribution in [0.25, 0.3) is 0 Å². The Morgan fingerprint density at radius 2 is 1.60 bits per heavy atom. The minimum Gasteiger partial charge on any atom is -0.496 e. The molecule has 1 aliphatic rings. The van der Waals surface area contributed by atoms with Crippen LogP contribution in [0.1, 0.15) is 17.2 Å². The average Bonchev–Trinajstić information content (AvgIpc) is 2.65. The predicted octanol–water partition coefficient (Wildman–Crippen LogP) is 4.01. The first-order valence-electron chi connectivity index (χ1n) is 8.25. The normalized spacial score (nSPS) is 16.5. The van der Waals surface area contributed by atoms with Crippen molar-refractivity contribution in [2.75, 3.05) is 40.4 Å². The maximum Gasteiger partial charge on any atom is 0.141 e. The van der Waals surface area contributed by atoms with E-state index in [1.807, 2.05) is 24.3 Å². The molecule has 3 rings (SSSR count). The van der Waals surface area contributed by atoms with E-state index in [0.29, 0.717) is 10.8 Å². The molecule has 1 saturated heterocycles. The molecule has 1 aliphatic heterocycles. The van der Waals surface area contributed by atoms with Gasteiger partial charge in [0.05, 0.1) is 25.3 Å². The Bertz CT molecular complexity index is 716. The van der Waals surface area contributed by atoms with Gasteiger partial charge in [-0.3, -0.25) is 4.90 Å². The molecule has 2 aromatic rings. The lowest BCUT2D eigenvalue weighted by atomic mass is 9.95. The lowest BCUT2D eigenvalue weighted by Gasteiger charge is -2.36. The molecule has 1 N–H and O–H groups in total. The van der Waals surface area contributed by atoms with E-state index in [9.17, 15) is 0 Å². The van der Waals surface area contributed by atoms with Gasteiger partial charge in [0.15, 0.2) is 0 Å². The summed E-state index contributed by atoms with van der Waals surface area (Å²) in [7, 11) is 3.27. The maximum atomic E-state index is 6.42. The number of ether oxygens (including phenoxy) is 2. The largest absolute Gasteiger partial charge is 0.496 e. The molecular formula is C19H22Cl2N2O2. The van der Waals surface area contributed by atoms with Gasteiger partial charge >= 0.3 is 0 Å². The van der Waals surface area contributed by atoms with Crippen molar-refractivity contribution >= 4 is 23.2 Å². The summed E-state index contributed by atoms with van der Waals surface area (Å²) in [5, 5.41) is 4.70. The fraction of sp³-hybridized carbons (Fsp3) is 0.368. The summed E-state index contributed by atoms with van der Waals surface area (Å²) in [5.41, 5.74) is 2.18. The molecule has 0 amide bonds. The number of halogens is 2. The Kier molecular flexibility index (Phi) is 6.07. The van der Waals surface area contributed by atoms with Crippen molar-refractivity contribution in [2.24, 2.45) is 0 Å². The number of hydrogen-bond donors (Lipinski definition) is 1. The molecule has 0 spiro atoms. The first-order valence-corrected chi connectivity index (χ1v) is 9.01. The highest BCUT2D eigenvalue weighted by Crippen LogP contribution is 2.40. The van der Waals surface area contributed by atoms with Gasteiger partial charge in [-0.05, 0) is 23.8 Å². The van der Waals surface area contributed by atoms with Gasteiger partial charge < -0.3 is 14.8 Å². The topological polar surface area (TPSA) is 33.7 Å². The van der Waals surface area contributed by atoms with Crippen LogP contribution in [-0.4, -0.2) is 45.3 Å². The van der Waals surface area contributed by atoms with Crippen molar-refractivity contribution in [3.8, 4) is 11.5 Å². The number of piperazine rings is 1. The highest BCUT2D eigenvalue weighted by Gasteiger charge is 2.27. The van der Waals surface area contributed by atoms with Crippen LogP contribution in [0, 0.1) is 0 Å². The third-order valence-corrected chi connectivity index (χ3v) is 5.05. The average molecular weight is 381 g/mol. The number of rotatable bonds is 5. The first-order chi connectivity index (χ1) is 12.1. The van der Waals surface area contributed by atoms with Gasteiger partial charge in [-0.15, -0.1) is 0 Å². The SMILES string of the molecule is COc1cc(OC)c(C(c2ccc(Cl)cc2)N2CCNCC2)cc1Cl. The van der Waals surface area contributed by atoms with Crippen molar-refractivity contribution in [3.05, 3.63) is 57.6 Å². The van der Waals surface area contributed by atoms with Crippen molar-refractivity contribution in [2.45, 2.75) is 6.04 Å². The quantitative estimate of drug-likeness (QED) is 0.849. The number of benzene rings is 2. The van der Waals surface area contributed by atoms with Crippen LogP contribution in [0.15, 0.2) is 36.4 Å².